The van der Waals surface area contributed by atoms with E-state index >= 15 is 0 Å². The van der Waals surface area contributed by atoms with Gasteiger partial charge in [-0.15, -0.1) is 0 Å². The van der Waals surface area contributed by atoms with E-state index in [0.717, 1.165) is 5.56 Å². The maximum atomic E-state index is 12.6. The number of carbonyl (C=O) groups is 1. The van der Waals surface area contributed by atoms with Crippen LogP contribution in [-0.2, 0) is 11.3 Å². The molecule has 3 atom stereocenters. The highest BCUT2D eigenvalue weighted by Crippen LogP contribution is 2.21. The van der Waals surface area contributed by atoms with Gasteiger partial charge in [-0.2, -0.15) is 0 Å². The van der Waals surface area contributed by atoms with E-state index in [2.05, 4.69) is 17.1 Å². The van der Waals surface area contributed by atoms with Crippen LogP contribution in [0.5, 0.6) is 0 Å². The molecule has 0 radical (unpaired) electrons. The summed E-state index contributed by atoms with van der Waals surface area (Å²) in [6.45, 7) is 5.83. The summed E-state index contributed by atoms with van der Waals surface area (Å²) in [5, 5.41) is 13.9. The van der Waals surface area contributed by atoms with Crippen LogP contribution in [0, 0.1) is 5.92 Å². The smallest absolute Gasteiger partial charge is 0.321 e. The summed E-state index contributed by atoms with van der Waals surface area (Å²) in [5.41, 5.74) is 1.69. The molecule has 0 fully saturated rings. The minimum atomic E-state index is -0.224. The first-order valence-electron chi connectivity index (χ1n) is 10.6. The molecule has 0 saturated heterocycles. The summed E-state index contributed by atoms with van der Waals surface area (Å²) in [4.78, 5) is 16.4. The van der Waals surface area contributed by atoms with Gasteiger partial charge >= 0.3 is 6.03 Å². The standard InChI is InChI=1S/C24H33Cl2N3O3/c1-17(13-29(18(2)16-30)14-19-7-5-6-8-22(19)26)23(32-4)15-28(3)24(31)27-21-11-9-20(25)10-12-21/h5-12,17-18,23,30H,13-16H2,1-4H3,(H,27,31)/t17-,18-,23-/m1/s1. The Labute approximate surface area is 201 Å². The van der Waals surface area contributed by atoms with Crippen molar-refractivity contribution in [3.05, 3.63) is 64.1 Å². The molecule has 0 spiro atoms. The zero-order valence-corrected chi connectivity index (χ0v) is 20.6. The second-order valence-electron chi connectivity index (χ2n) is 8.12. The summed E-state index contributed by atoms with van der Waals surface area (Å²) in [6, 6.07) is 14.4. The minimum absolute atomic E-state index is 0.0399. The van der Waals surface area contributed by atoms with Gasteiger partial charge < -0.3 is 20.1 Å². The lowest BCUT2D eigenvalue weighted by molar-refractivity contribution is 0.0154. The van der Waals surface area contributed by atoms with Gasteiger partial charge in [-0.25, -0.2) is 4.79 Å². The van der Waals surface area contributed by atoms with Crippen molar-refractivity contribution in [1.82, 2.24) is 9.80 Å². The van der Waals surface area contributed by atoms with E-state index in [1.165, 1.54) is 0 Å². The highest BCUT2D eigenvalue weighted by Gasteiger charge is 2.25. The molecule has 2 N–H and O–H groups in total. The van der Waals surface area contributed by atoms with Gasteiger partial charge in [-0.3, -0.25) is 4.90 Å². The second kappa shape index (κ2) is 13.0. The number of benzene rings is 2. The third-order valence-corrected chi connectivity index (χ3v) is 6.20. The molecule has 0 bridgehead atoms. The van der Waals surface area contributed by atoms with Crippen molar-refractivity contribution < 1.29 is 14.6 Å². The Hall–Kier alpha value is -1.83. The number of aliphatic hydroxyl groups is 1. The fraction of sp³-hybridized carbons (Fsp3) is 0.458. The van der Waals surface area contributed by atoms with Gasteiger partial charge in [-0.05, 0) is 48.7 Å². The second-order valence-corrected chi connectivity index (χ2v) is 8.97. The van der Waals surface area contributed by atoms with Gasteiger partial charge in [0.2, 0.25) is 0 Å². The number of nitrogens with zero attached hydrogens (tertiary/aromatic N) is 2. The molecular formula is C24H33Cl2N3O3. The third-order valence-electron chi connectivity index (χ3n) is 5.57. The van der Waals surface area contributed by atoms with E-state index in [0.29, 0.717) is 35.4 Å². The number of aliphatic hydroxyl groups excluding tert-OH is 1. The predicted octanol–water partition coefficient (Wildman–Crippen LogP) is 4.99. The van der Waals surface area contributed by atoms with Crippen LogP contribution in [0.2, 0.25) is 10.0 Å². The van der Waals surface area contributed by atoms with Crippen molar-refractivity contribution in [2.24, 2.45) is 5.92 Å². The Balaban J connectivity index is 2.00. The number of ether oxygens (including phenoxy) is 1. The Bertz CT molecular complexity index is 851. The van der Waals surface area contributed by atoms with Crippen molar-refractivity contribution in [1.29, 1.82) is 0 Å². The van der Waals surface area contributed by atoms with Crippen LogP contribution in [0.3, 0.4) is 0 Å². The predicted molar refractivity (Wildman–Crippen MR) is 131 cm³/mol. The monoisotopic (exact) mass is 481 g/mol. The van der Waals surface area contributed by atoms with Gasteiger partial charge in [0, 0.05) is 55.6 Å². The molecule has 0 aliphatic heterocycles. The number of rotatable bonds is 11. The molecule has 2 amide bonds. The molecule has 0 saturated carbocycles. The lowest BCUT2D eigenvalue weighted by Gasteiger charge is -2.34. The molecular weight excluding hydrogens is 449 g/mol. The number of urea groups is 1. The van der Waals surface area contributed by atoms with Crippen molar-refractivity contribution in [3.8, 4) is 0 Å². The first-order chi connectivity index (χ1) is 15.2. The van der Waals surface area contributed by atoms with Crippen molar-refractivity contribution >= 4 is 34.9 Å². The van der Waals surface area contributed by atoms with Gasteiger partial charge in [0.05, 0.1) is 12.7 Å². The maximum Gasteiger partial charge on any atom is 0.321 e. The summed E-state index contributed by atoms with van der Waals surface area (Å²) < 4.78 is 5.73. The molecule has 176 valence electrons. The van der Waals surface area contributed by atoms with E-state index in [-0.39, 0.29) is 30.7 Å². The largest absolute Gasteiger partial charge is 0.395 e. The van der Waals surface area contributed by atoms with E-state index < -0.39 is 0 Å². The fourth-order valence-corrected chi connectivity index (χ4v) is 3.76. The van der Waals surface area contributed by atoms with Crippen LogP contribution in [0.25, 0.3) is 0 Å². The number of anilines is 1. The number of hydrogen-bond acceptors (Lipinski definition) is 4. The Morgan fingerprint density at radius 1 is 1.09 bits per heavy atom. The molecule has 0 aliphatic carbocycles. The molecule has 6 nitrogen and oxygen atoms in total. The number of nitrogens with one attached hydrogen (secondary N) is 1. The van der Waals surface area contributed by atoms with Crippen molar-refractivity contribution in [2.75, 3.05) is 39.2 Å². The molecule has 2 aromatic rings. The lowest BCUT2D eigenvalue weighted by Crippen LogP contribution is -2.45. The van der Waals surface area contributed by atoms with Crippen LogP contribution in [0.4, 0.5) is 10.5 Å². The van der Waals surface area contributed by atoms with E-state index in [1.807, 2.05) is 31.2 Å². The van der Waals surface area contributed by atoms with Gasteiger partial charge in [0.15, 0.2) is 0 Å². The molecule has 2 aromatic carbocycles. The number of carbonyl (C=O) groups excluding carboxylic acids is 1. The van der Waals surface area contributed by atoms with Gasteiger partial charge in [0.25, 0.3) is 0 Å². The number of methoxy groups -OCH3 is 1. The van der Waals surface area contributed by atoms with Crippen LogP contribution >= 0.6 is 23.2 Å². The van der Waals surface area contributed by atoms with Crippen LogP contribution < -0.4 is 5.32 Å². The highest BCUT2D eigenvalue weighted by atomic mass is 35.5. The number of amides is 2. The first kappa shape index (κ1) is 26.4. The topological polar surface area (TPSA) is 65.0 Å². The van der Waals surface area contributed by atoms with Crippen LogP contribution in [-0.4, -0.2) is 66.9 Å². The number of hydrogen-bond donors (Lipinski definition) is 2. The molecule has 0 heterocycles. The molecule has 0 aliphatic rings. The van der Waals surface area contributed by atoms with Crippen LogP contribution in [0.1, 0.15) is 19.4 Å². The minimum Gasteiger partial charge on any atom is -0.395 e. The fourth-order valence-electron chi connectivity index (χ4n) is 3.44. The molecule has 0 aromatic heterocycles. The normalized spacial score (nSPS) is 14.1. The van der Waals surface area contributed by atoms with Gasteiger partial charge in [-0.1, -0.05) is 48.3 Å². The van der Waals surface area contributed by atoms with Crippen molar-refractivity contribution in [3.63, 3.8) is 0 Å². The first-order valence-corrected chi connectivity index (χ1v) is 11.4. The van der Waals surface area contributed by atoms with Crippen LogP contribution in [0.15, 0.2) is 48.5 Å². The zero-order chi connectivity index (χ0) is 23.7. The quantitative estimate of drug-likeness (QED) is 0.474. The zero-order valence-electron chi connectivity index (χ0n) is 19.1. The Morgan fingerprint density at radius 3 is 2.34 bits per heavy atom. The molecule has 8 heteroatoms. The molecule has 32 heavy (non-hydrogen) atoms. The molecule has 0 unspecified atom stereocenters. The van der Waals surface area contributed by atoms with Crippen molar-refractivity contribution in [2.45, 2.75) is 32.5 Å². The SMILES string of the molecule is CO[C@H](CN(C)C(=O)Nc1ccc(Cl)cc1)[C@H](C)CN(Cc1ccccc1Cl)[C@H](C)CO. The van der Waals surface area contributed by atoms with E-state index in [4.69, 9.17) is 27.9 Å². The molecule has 2 rings (SSSR count). The lowest BCUT2D eigenvalue weighted by atomic mass is 10.0. The number of likely N-dealkylation sites (N-methyl/N-ethyl adjacent to an activating group) is 1. The van der Waals surface area contributed by atoms with Gasteiger partial charge in [0.1, 0.15) is 0 Å². The Kier molecular flexibility index (Phi) is 10.7. The average Bonchev–Trinajstić information content (AvgIpc) is 2.78. The maximum absolute atomic E-state index is 12.6. The highest BCUT2D eigenvalue weighted by molar-refractivity contribution is 6.31. The summed E-state index contributed by atoms with van der Waals surface area (Å²) in [7, 11) is 3.39. The average molecular weight is 482 g/mol. The summed E-state index contributed by atoms with van der Waals surface area (Å²) in [5.74, 6) is 0.0993. The summed E-state index contributed by atoms with van der Waals surface area (Å²) in [6.07, 6.45) is -0.185. The van der Waals surface area contributed by atoms with E-state index in [9.17, 15) is 9.90 Å². The summed E-state index contributed by atoms with van der Waals surface area (Å²) >= 11 is 12.2. The van der Waals surface area contributed by atoms with E-state index in [1.54, 1.807) is 43.3 Å². The Morgan fingerprint density at radius 2 is 1.75 bits per heavy atom. The third kappa shape index (κ3) is 7.94. The number of halogens is 2.